The molecule has 0 aromatic rings. The molecule has 0 amide bonds. The smallest absolute Gasteiger partial charge is 0.0243 e. The number of rotatable bonds is 14. The van der Waals surface area contributed by atoms with Crippen molar-refractivity contribution in [3.8, 4) is 0 Å². The number of nitrogens with two attached hydrogens (primary N) is 1. The van der Waals surface area contributed by atoms with E-state index in [-0.39, 0.29) is 0 Å². The van der Waals surface area contributed by atoms with Gasteiger partial charge in [-0.25, -0.2) is 0 Å². The molecule has 120 valence electrons. The SMILES string of the molecule is CCCCCCCCCCCCN(C)C(CN)C1CC1. The molecule has 0 spiro atoms. The van der Waals surface area contributed by atoms with Crippen LogP contribution in [0.15, 0.2) is 0 Å². The van der Waals surface area contributed by atoms with Crippen molar-refractivity contribution in [2.45, 2.75) is 90.0 Å². The van der Waals surface area contributed by atoms with Gasteiger partial charge in [-0.05, 0) is 38.8 Å². The molecule has 0 aliphatic heterocycles. The maximum absolute atomic E-state index is 5.89. The van der Waals surface area contributed by atoms with E-state index in [1.54, 1.807) is 0 Å². The second-order valence-electron chi connectivity index (χ2n) is 6.80. The Kier molecular flexibility index (Phi) is 10.4. The Balaban J connectivity index is 1.84. The fraction of sp³-hybridized carbons (Fsp3) is 1.00. The molecule has 1 saturated carbocycles. The summed E-state index contributed by atoms with van der Waals surface area (Å²) in [6.45, 7) is 4.38. The standard InChI is InChI=1S/C18H38N2/c1-3-4-5-6-7-8-9-10-11-12-15-20(2)18(16-19)17-13-14-17/h17-18H,3-16,19H2,1-2H3. The van der Waals surface area contributed by atoms with E-state index >= 15 is 0 Å². The average Bonchev–Trinajstić information content (AvgIpc) is 3.26. The lowest BCUT2D eigenvalue weighted by molar-refractivity contribution is 0.219. The molecule has 1 aliphatic rings. The van der Waals surface area contributed by atoms with Gasteiger partial charge in [0.25, 0.3) is 0 Å². The minimum atomic E-state index is 0.661. The van der Waals surface area contributed by atoms with E-state index in [9.17, 15) is 0 Å². The van der Waals surface area contributed by atoms with Gasteiger partial charge in [-0.1, -0.05) is 64.7 Å². The molecule has 1 aliphatic carbocycles. The van der Waals surface area contributed by atoms with E-state index in [2.05, 4.69) is 18.9 Å². The molecule has 1 rings (SSSR count). The Morgan fingerprint density at radius 2 is 1.40 bits per heavy atom. The molecular weight excluding hydrogens is 244 g/mol. The van der Waals surface area contributed by atoms with Crippen LogP contribution in [0.3, 0.4) is 0 Å². The molecule has 0 saturated heterocycles. The Labute approximate surface area is 127 Å². The lowest BCUT2D eigenvalue weighted by Gasteiger charge is -2.26. The number of hydrogen-bond acceptors (Lipinski definition) is 2. The van der Waals surface area contributed by atoms with Crippen LogP contribution >= 0.6 is 0 Å². The molecule has 0 radical (unpaired) electrons. The highest BCUT2D eigenvalue weighted by Crippen LogP contribution is 2.34. The third kappa shape index (κ3) is 8.26. The fourth-order valence-corrected chi connectivity index (χ4v) is 3.23. The third-order valence-electron chi connectivity index (χ3n) is 4.84. The summed E-state index contributed by atoms with van der Waals surface area (Å²) in [5.74, 6) is 0.910. The van der Waals surface area contributed by atoms with Crippen molar-refractivity contribution in [1.29, 1.82) is 0 Å². The molecule has 0 aromatic heterocycles. The summed E-state index contributed by atoms with van der Waals surface area (Å²) >= 11 is 0. The molecule has 0 heterocycles. The maximum Gasteiger partial charge on any atom is 0.0243 e. The van der Waals surface area contributed by atoms with Crippen molar-refractivity contribution in [2.24, 2.45) is 11.7 Å². The zero-order valence-electron chi connectivity index (χ0n) is 14.1. The highest BCUT2D eigenvalue weighted by atomic mass is 15.1. The van der Waals surface area contributed by atoms with Gasteiger partial charge in [-0.15, -0.1) is 0 Å². The Bertz CT molecular complexity index is 213. The van der Waals surface area contributed by atoms with Gasteiger partial charge < -0.3 is 10.6 Å². The Hall–Kier alpha value is -0.0800. The molecular formula is C18H38N2. The second kappa shape index (κ2) is 11.6. The first-order valence-electron chi connectivity index (χ1n) is 9.20. The van der Waals surface area contributed by atoms with Gasteiger partial charge >= 0.3 is 0 Å². The summed E-state index contributed by atoms with van der Waals surface area (Å²) in [6.07, 6.45) is 17.0. The lowest BCUT2D eigenvalue weighted by Crippen LogP contribution is -2.40. The molecule has 0 aromatic carbocycles. The van der Waals surface area contributed by atoms with Gasteiger partial charge in [0.1, 0.15) is 0 Å². The summed E-state index contributed by atoms with van der Waals surface area (Å²) < 4.78 is 0. The fourth-order valence-electron chi connectivity index (χ4n) is 3.23. The van der Waals surface area contributed by atoms with Crippen LogP contribution in [-0.4, -0.2) is 31.1 Å². The van der Waals surface area contributed by atoms with Crippen molar-refractivity contribution >= 4 is 0 Å². The number of likely N-dealkylation sites (N-methyl/N-ethyl adjacent to an activating group) is 1. The minimum Gasteiger partial charge on any atom is -0.329 e. The summed E-state index contributed by atoms with van der Waals surface area (Å²) in [7, 11) is 2.27. The van der Waals surface area contributed by atoms with Crippen molar-refractivity contribution in [2.75, 3.05) is 20.1 Å². The molecule has 0 bridgehead atoms. The van der Waals surface area contributed by atoms with Crippen LogP contribution < -0.4 is 5.73 Å². The topological polar surface area (TPSA) is 29.3 Å². The second-order valence-corrected chi connectivity index (χ2v) is 6.80. The quantitative estimate of drug-likeness (QED) is 0.473. The van der Waals surface area contributed by atoms with Crippen LogP contribution in [0, 0.1) is 5.92 Å². The van der Waals surface area contributed by atoms with Gasteiger partial charge in [0, 0.05) is 12.6 Å². The minimum absolute atomic E-state index is 0.661. The predicted octanol–water partition coefficient (Wildman–Crippen LogP) is 4.58. The van der Waals surface area contributed by atoms with E-state index in [4.69, 9.17) is 5.73 Å². The molecule has 1 unspecified atom stereocenters. The normalized spacial score (nSPS) is 16.8. The highest BCUT2D eigenvalue weighted by molar-refractivity contribution is 4.87. The van der Waals surface area contributed by atoms with Crippen LogP contribution in [0.25, 0.3) is 0 Å². The van der Waals surface area contributed by atoms with Gasteiger partial charge in [-0.3, -0.25) is 0 Å². The van der Waals surface area contributed by atoms with Crippen molar-refractivity contribution in [3.05, 3.63) is 0 Å². The molecule has 1 atom stereocenters. The zero-order valence-corrected chi connectivity index (χ0v) is 14.1. The molecule has 20 heavy (non-hydrogen) atoms. The van der Waals surface area contributed by atoms with Crippen molar-refractivity contribution in [3.63, 3.8) is 0 Å². The Morgan fingerprint density at radius 3 is 1.85 bits per heavy atom. The first-order valence-corrected chi connectivity index (χ1v) is 9.20. The third-order valence-corrected chi connectivity index (χ3v) is 4.84. The van der Waals surface area contributed by atoms with Crippen molar-refractivity contribution in [1.82, 2.24) is 4.90 Å². The summed E-state index contributed by atoms with van der Waals surface area (Å²) in [5.41, 5.74) is 5.89. The summed E-state index contributed by atoms with van der Waals surface area (Å²) in [4.78, 5) is 2.52. The van der Waals surface area contributed by atoms with E-state index < -0.39 is 0 Å². The molecule has 1 fully saturated rings. The first kappa shape index (κ1) is 18.0. The zero-order chi connectivity index (χ0) is 14.6. The average molecular weight is 283 g/mol. The van der Waals surface area contributed by atoms with Gasteiger partial charge in [0.05, 0.1) is 0 Å². The van der Waals surface area contributed by atoms with Crippen LogP contribution in [-0.2, 0) is 0 Å². The van der Waals surface area contributed by atoms with Gasteiger partial charge in [-0.2, -0.15) is 0 Å². The van der Waals surface area contributed by atoms with Crippen LogP contribution in [0.4, 0.5) is 0 Å². The van der Waals surface area contributed by atoms with E-state index in [1.165, 1.54) is 83.6 Å². The van der Waals surface area contributed by atoms with Crippen LogP contribution in [0.5, 0.6) is 0 Å². The Morgan fingerprint density at radius 1 is 0.900 bits per heavy atom. The van der Waals surface area contributed by atoms with E-state index in [1.807, 2.05) is 0 Å². The molecule has 2 nitrogen and oxygen atoms in total. The predicted molar refractivity (Wildman–Crippen MR) is 90.0 cm³/mol. The summed E-state index contributed by atoms with van der Waals surface area (Å²) in [5, 5.41) is 0. The first-order chi connectivity index (χ1) is 9.79. The number of hydrogen-bond donors (Lipinski definition) is 1. The van der Waals surface area contributed by atoms with Crippen LogP contribution in [0.2, 0.25) is 0 Å². The number of unbranched alkanes of at least 4 members (excludes halogenated alkanes) is 9. The van der Waals surface area contributed by atoms with Gasteiger partial charge in [0.15, 0.2) is 0 Å². The highest BCUT2D eigenvalue weighted by Gasteiger charge is 2.32. The van der Waals surface area contributed by atoms with E-state index in [0.717, 1.165) is 12.5 Å². The van der Waals surface area contributed by atoms with Gasteiger partial charge in [0.2, 0.25) is 0 Å². The largest absolute Gasteiger partial charge is 0.329 e. The summed E-state index contributed by atoms with van der Waals surface area (Å²) in [6, 6.07) is 0.661. The molecule has 2 N–H and O–H groups in total. The lowest BCUT2D eigenvalue weighted by atomic mass is 10.1. The monoisotopic (exact) mass is 282 g/mol. The maximum atomic E-state index is 5.89. The van der Waals surface area contributed by atoms with E-state index in [0.29, 0.717) is 6.04 Å². The van der Waals surface area contributed by atoms with Crippen LogP contribution in [0.1, 0.15) is 84.0 Å². The van der Waals surface area contributed by atoms with Crippen molar-refractivity contribution < 1.29 is 0 Å². The number of nitrogens with zero attached hydrogens (tertiary/aromatic N) is 1. The molecule has 2 heteroatoms.